The average Bonchev–Trinajstić information content (AvgIpc) is 2.37. The molecule has 1 aromatic carbocycles. The van der Waals surface area contributed by atoms with E-state index in [0.717, 1.165) is 39.1 Å². The highest BCUT2D eigenvalue weighted by Gasteiger charge is 2.16. The van der Waals surface area contributed by atoms with Gasteiger partial charge in [-0.1, -0.05) is 23.8 Å². The Kier molecular flexibility index (Phi) is 4.97. The van der Waals surface area contributed by atoms with Crippen LogP contribution in [-0.2, 0) is 6.42 Å². The van der Waals surface area contributed by atoms with E-state index in [9.17, 15) is 0 Å². The minimum Gasteiger partial charge on any atom is -0.326 e. The van der Waals surface area contributed by atoms with Crippen molar-refractivity contribution in [2.75, 3.05) is 39.8 Å². The van der Waals surface area contributed by atoms with Crippen molar-refractivity contribution in [1.29, 1.82) is 0 Å². The van der Waals surface area contributed by atoms with Gasteiger partial charge >= 0.3 is 0 Å². The van der Waals surface area contributed by atoms with Crippen molar-refractivity contribution >= 4 is 0 Å². The van der Waals surface area contributed by atoms with Gasteiger partial charge in [-0.05, 0) is 38.4 Å². The molecule has 3 heteroatoms. The van der Waals surface area contributed by atoms with Crippen LogP contribution in [0, 0.1) is 13.8 Å². The van der Waals surface area contributed by atoms with E-state index >= 15 is 0 Å². The van der Waals surface area contributed by atoms with Crippen molar-refractivity contribution in [3.63, 3.8) is 0 Å². The van der Waals surface area contributed by atoms with E-state index in [0.29, 0.717) is 0 Å². The van der Waals surface area contributed by atoms with Crippen molar-refractivity contribution < 1.29 is 0 Å². The SMILES string of the molecule is Cc1ccc(C)c(CC(N)CN2CCN(C)CC2)c1. The monoisotopic (exact) mass is 261 g/mol. The number of piperazine rings is 1. The normalized spacial score (nSPS) is 19.6. The lowest BCUT2D eigenvalue weighted by molar-refractivity contribution is 0.147. The molecule has 2 rings (SSSR count). The first-order valence-corrected chi connectivity index (χ1v) is 7.27. The summed E-state index contributed by atoms with van der Waals surface area (Å²) in [6.45, 7) is 9.97. The highest BCUT2D eigenvalue weighted by atomic mass is 15.2. The number of benzene rings is 1. The van der Waals surface area contributed by atoms with Crippen LogP contribution >= 0.6 is 0 Å². The van der Waals surface area contributed by atoms with Crippen LogP contribution in [0.15, 0.2) is 18.2 Å². The van der Waals surface area contributed by atoms with Crippen molar-refractivity contribution in [1.82, 2.24) is 9.80 Å². The molecule has 0 bridgehead atoms. The fourth-order valence-electron chi connectivity index (χ4n) is 2.73. The molecular weight excluding hydrogens is 234 g/mol. The molecule has 3 nitrogen and oxygen atoms in total. The molecule has 1 fully saturated rings. The zero-order valence-corrected chi connectivity index (χ0v) is 12.5. The highest BCUT2D eigenvalue weighted by Crippen LogP contribution is 2.13. The van der Waals surface area contributed by atoms with Crippen molar-refractivity contribution in [3.05, 3.63) is 34.9 Å². The molecule has 0 aliphatic carbocycles. The summed E-state index contributed by atoms with van der Waals surface area (Å²) in [5, 5.41) is 0. The van der Waals surface area contributed by atoms with E-state index in [1.807, 2.05) is 0 Å². The Balaban J connectivity index is 1.87. The second-order valence-corrected chi connectivity index (χ2v) is 6.00. The van der Waals surface area contributed by atoms with Crippen molar-refractivity contribution in [2.45, 2.75) is 26.3 Å². The summed E-state index contributed by atoms with van der Waals surface area (Å²) in [5.74, 6) is 0. The quantitative estimate of drug-likeness (QED) is 0.890. The molecule has 0 spiro atoms. The molecule has 1 aliphatic heterocycles. The summed E-state index contributed by atoms with van der Waals surface area (Å²) < 4.78 is 0. The van der Waals surface area contributed by atoms with Crippen LogP contribution < -0.4 is 5.73 Å². The number of aryl methyl sites for hydroxylation is 2. The Morgan fingerprint density at radius 3 is 2.53 bits per heavy atom. The predicted octanol–water partition coefficient (Wildman–Crippen LogP) is 1.42. The molecule has 0 radical (unpaired) electrons. The van der Waals surface area contributed by atoms with Gasteiger partial charge in [-0.15, -0.1) is 0 Å². The maximum atomic E-state index is 6.33. The fraction of sp³-hybridized carbons (Fsp3) is 0.625. The molecular formula is C16H27N3. The second kappa shape index (κ2) is 6.51. The van der Waals surface area contributed by atoms with E-state index in [-0.39, 0.29) is 6.04 Å². The largest absolute Gasteiger partial charge is 0.326 e. The zero-order chi connectivity index (χ0) is 13.8. The Morgan fingerprint density at radius 1 is 1.16 bits per heavy atom. The molecule has 0 saturated carbocycles. The lowest BCUT2D eigenvalue weighted by Crippen LogP contribution is -2.49. The van der Waals surface area contributed by atoms with Crippen LogP contribution in [0.4, 0.5) is 0 Å². The Morgan fingerprint density at radius 2 is 1.84 bits per heavy atom. The van der Waals surface area contributed by atoms with Crippen LogP contribution in [0.3, 0.4) is 0 Å². The van der Waals surface area contributed by atoms with Gasteiger partial charge in [-0.3, -0.25) is 4.90 Å². The molecule has 1 aliphatic rings. The number of nitrogens with two attached hydrogens (primary N) is 1. The molecule has 1 unspecified atom stereocenters. The molecule has 1 aromatic rings. The van der Waals surface area contributed by atoms with Gasteiger partial charge in [0, 0.05) is 38.8 Å². The van der Waals surface area contributed by atoms with E-state index in [1.165, 1.54) is 16.7 Å². The molecule has 0 aromatic heterocycles. The topological polar surface area (TPSA) is 32.5 Å². The molecule has 1 heterocycles. The maximum Gasteiger partial charge on any atom is 0.0208 e. The van der Waals surface area contributed by atoms with E-state index < -0.39 is 0 Å². The van der Waals surface area contributed by atoms with Gasteiger partial charge in [0.15, 0.2) is 0 Å². The summed E-state index contributed by atoms with van der Waals surface area (Å²) in [7, 11) is 2.19. The van der Waals surface area contributed by atoms with Gasteiger partial charge < -0.3 is 10.6 Å². The summed E-state index contributed by atoms with van der Waals surface area (Å²) in [6, 6.07) is 6.89. The standard InChI is InChI=1S/C16H27N3/c1-13-4-5-14(2)15(10-13)11-16(17)12-19-8-6-18(3)7-9-19/h4-5,10,16H,6-9,11-12,17H2,1-3H3. The summed E-state index contributed by atoms with van der Waals surface area (Å²) in [6.07, 6.45) is 0.986. The first kappa shape index (κ1) is 14.5. The number of rotatable bonds is 4. The maximum absolute atomic E-state index is 6.33. The van der Waals surface area contributed by atoms with E-state index in [1.54, 1.807) is 0 Å². The average molecular weight is 261 g/mol. The zero-order valence-electron chi connectivity index (χ0n) is 12.5. The fourth-order valence-corrected chi connectivity index (χ4v) is 2.73. The first-order valence-electron chi connectivity index (χ1n) is 7.27. The van der Waals surface area contributed by atoms with Crippen LogP contribution in [0.1, 0.15) is 16.7 Å². The van der Waals surface area contributed by atoms with Gasteiger partial charge in [0.25, 0.3) is 0 Å². The van der Waals surface area contributed by atoms with Gasteiger partial charge in [-0.25, -0.2) is 0 Å². The lowest BCUT2D eigenvalue weighted by atomic mass is 9.99. The smallest absolute Gasteiger partial charge is 0.0208 e. The minimum atomic E-state index is 0.240. The van der Waals surface area contributed by atoms with Gasteiger partial charge in [0.05, 0.1) is 0 Å². The van der Waals surface area contributed by atoms with Crippen molar-refractivity contribution in [3.8, 4) is 0 Å². The molecule has 0 amide bonds. The van der Waals surface area contributed by atoms with Crippen molar-refractivity contribution in [2.24, 2.45) is 5.73 Å². The third-order valence-electron chi connectivity index (χ3n) is 4.08. The molecule has 19 heavy (non-hydrogen) atoms. The Hall–Kier alpha value is -0.900. The summed E-state index contributed by atoms with van der Waals surface area (Å²) >= 11 is 0. The molecule has 106 valence electrons. The third-order valence-corrected chi connectivity index (χ3v) is 4.08. The van der Waals surface area contributed by atoms with Crippen LogP contribution in [0.25, 0.3) is 0 Å². The number of hydrogen-bond acceptors (Lipinski definition) is 3. The molecule has 1 atom stereocenters. The predicted molar refractivity (Wildman–Crippen MR) is 81.5 cm³/mol. The minimum absolute atomic E-state index is 0.240. The van der Waals surface area contributed by atoms with E-state index in [4.69, 9.17) is 5.73 Å². The molecule has 2 N–H and O–H groups in total. The van der Waals surface area contributed by atoms with Crippen LogP contribution in [0.2, 0.25) is 0 Å². The Bertz CT molecular complexity index is 408. The van der Waals surface area contributed by atoms with Gasteiger partial charge in [0.2, 0.25) is 0 Å². The second-order valence-electron chi connectivity index (χ2n) is 6.00. The number of likely N-dealkylation sites (N-methyl/N-ethyl adjacent to an activating group) is 1. The molecule has 1 saturated heterocycles. The Labute approximate surface area is 117 Å². The van der Waals surface area contributed by atoms with E-state index in [2.05, 4.69) is 48.9 Å². The van der Waals surface area contributed by atoms with Crippen LogP contribution in [-0.4, -0.2) is 55.6 Å². The number of hydrogen-bond donors (Lipinski definition) is 1. The lowest BCUT2D eigenvalue weighted by Gasteiger charge is -2.34. The first-order chi connectivity index (χ1) is 9.04. The van der Waals surface area contributed by atoms with Gasteiger partial charge in [-0.2, -0.15) is 0 Å². The summed E-state index contributed by atoms with van der Waals surface area (Å²) in [4.78, 5) is 4.88. The highest BCUT2D eigenvalue weighted by molar-refractivity contribution is 5.31. The third kappa shape index (κ3) is 4.30. The van der Waals surface area contributed by atoms with Gasteiger partial charge in [0.1, 0.15) is 0 Å². The van der Waals surface area contributed by atoms with Crippen LogP contribution in [0.5, 0.6) is 0 Å². The number of nitrogens with zero attached hydrogens (tertiary/aromatic N) is 2. The summed E-state index contributed by atoms with van der Waals surface area (Å²) in [5.41, 5.74) is 10.4.